The van der Waals surface area contributed by atoms with Gasteiger partial charge >= 0.3 is 6.18 Å². The van der Waals surface area contributed by atoms with Crippen LogP contribution in [0.15, 0.2) is 0 Å². The maximum absolute atomic E-state index is 12.8. The fourth-order valence-corrected chi connectivity index (χ4v) is 2.49. The molecule has 1 aliphatic rings. The minimum atomic E-state index is -4.12. The SMILES string of the molecule is CCCC(O)CNC1CCCCC1C(F)(F)F. The van der Waals surface area contributed by atoms with Crippen LogP contribution in [0.2, 0.25) is 0 Å². The number of aliphatic hydroxyl groups is 1. The lowest BCUT2D eigenvalue weighted by Crippen LogP contribution is -2.47. The average molecular weight is 253 g/mol. The molecule has 17 heavy (non-hydrogen) atoms. The molecule has 2 nitrogen and oxygen atoms in total. The van der Waals surface area contributed by atoms with Crippen molar-refractivity contribution in [3.8, 4) is 0 Å². The number of aliphatic hydroxyl groups excluding tert-OH is 1. The van der Waals surface area contributed by atoms with Gasteiger partial charge in [-0.05, 0) is 19.3 Å². The second-order valence-corrected chi connectivity index (χ2v) is 4.89. The molecule has 0 aliphatic heterocycles. The van der Waals surface area contributed by atoms with Crippen molar-refractivity contribution in [3.63, 3.8) is 0 Å². The van der Waals surface area contributed by atoms with Gasteiger partial charge < -0.3 is 10.4 Å². The van der Waals surface area contributed by atoms with Crippen LogP contribution in [0.3, 0.4) is 0 Å². The van der Waals surface area contributed by atoms with Crippen LogP contribution in [0.25, 0.3) is 0 Å². The van der Waals surface area contributed by atoms with Gasteiger partial charge in [-0.2, -0.15) is 13.2 Å². The van der Waals surface area contributed by atoms with E-state index in [1.165, 1.54) is 0 Å². The Morgan fingerprint density at radius 3 is 2.53 bits per heavy atom. The Bertz CT molecular complexity index is 220. The molecule has 0 bridgehead atoms. The molecule has 0 amide bonds. The highest BCUT2D eigenvalue weighted by atomic mass is 19.4. The first-order valence-corrected chi connectivity index (χ1v) is 6.43. The predicted molar refractivity (Wildman–Crippen MR) is 60.7 cm³/mol. The lowest BCUT2D eigenvalue weighted by atomic mass is 9.84. The Morgan fingerprint density at radius 2 is 1.94 bits per heavy atom. The third kappa shape index (κ3) is 4.84. The molecule has 5 heteroatoms. The molecule has 1 rings (SSSR count). The van der Waals surface area contributed by atoms with Gasteiger partial charge in [0.2, 0.25) is 0 Å². The second kappa shape index (κ2) is 6.59. The van der Waals surface area contributed by atoms with Gasteiger partial charge in [0, 0.05) is 12.6 Å². The van der Waals surface area contributed by atoms with Crippen molar-refractivity contribution in [2.45, 2.75) is 63.8 Å². The summed E-state index contributed by atoms with van der Waals surface area (Å²) in [7, 11) is 0. The summed E-state index contributed by atoms with van der Waals surface area (Å²) in [4.78, 5) is 0. The zero-order valence-electron chi connectivity index (χ0n) is 10.3. The van der Waals surface area contributed by atoms with E-state index in [2.05, 4.69) is 5.32 Å². The molecule has 102 valence electrons. The molecule has 0 saturated heterocycles. The van der Waals surface area contributed by atoms with Crippen molar-refractivity contribution in [2.24, 2.45) is 5.92 Å². The van der Waals surface area contributed by atoms with Gasteiger partial charge in [0.15, 0.2) is 0 Å². The number of halogens is 3. The zero-order chi connectivity index (χ0) is 12.9. The monoisotopic (exact) mass is 253 g/mol. The van der Waals surface area contributed by atoms with Crippen LogP contribution in [-0.4, -0.2) is 30.0 Å². The molecule has 0 aromatic heterocycles. The number of hydrogen-bond acceptors (Lipinski definition) is 2. The van der Waals surface area contributed by atoms with Gasteiger partial charge in [-0.15, -0.1) is 0 Å². The molecule has 0 aromatic rings. The van der Waals surface area contributed by atoms with E-state index in [0.717, 1.165) is 12.8 Å². The Balaban J connectivity index is 2.43. The van der Waals surface area contributed by atoms with Crippen LogP contribution >= 0.6 is 0 Å². The lowest BCUT2D eigenvalue weighted by molar-refractivity contribution is -0.189. The van der Waals surface area contributed by atoms with Crippen LogP contribution in [-0.2, 0) is 0 Å². The summed E-state index contributed by atoms with van der Waals surface area (Å²) in [5, 5.41) is 12.4. The molecule has 1 saturated carbocycles. The van der Waals surface area contributed by atoms with Gasteiger partial charge in [-0.3, -0.25) is 0 Å². The van der Waals surface area contributed by atoms with Crippen LogP contribution in [0, 0.1) is 5.92 Å². The molecule has 0 heterocycles. The highest BCUT2D eigenvalue weighted by molar-refractivity contribution is 4.86. The van der Waals surface area contributed by atoms with Gasteiger partial charge in [-0.1, -0.05) is 26.2 Å². The summed E-state index contributed by atoms with van der Waals surface area (Å²) in [6.45, 7) is 2.22. The Kier molecular flexibility index (Phi) is 5.73. The first kappa shape index (κ1) is 14.8. The molecule has 3 unspecified atom stereocenters. The van der Waals surface area contributed by atoms with Crippen molar-refractivity contribution in [3.05, 3.63) is 0 Å². The van der Waals surface area contributed by atoms with E-state index in [1.54, 1.807) is 0 Å². The second-order valence-electron chi connectivity index (χ2n) is 4.89. The fourth-order valence-electron chi connectivity index (χ4n) is 2.49. The minimum absolute atomic E-state index is 0.213. The van der Waals surface area contributed by atoms with E-state index in [1.807, 2.05) is 6.92 Å². The molecule has 1 fully saturated rings. The maximum Gasteiger partial charge on any atom is 0.393 e. The summed E-state index contributed by atoms with van der Waals surface area (Å²) in [6.07, 6.45) is -0.904. The standard InChI is InChI=1S/C12H22F3NO/c1-2-5-9(17)8-16-11-7-4-3-6-10(11)12(13,14)15/h9-11,16-17H,2-8H2,1H3. The quantitative estimate of drug-likeness (QED) is 0.789. The van der Waals surface area contributed by atoms with E-state index in [9.17, 15) is 18.3 Å². The highest BCUT2D eigenvalue weighted by Gasteiger charge is 2.45. The number of hydrogen-bond donors (Lipinski definition) is 2. The van der Waals surface area contributed by atoms with E-state index < -0.39 is 24.2 Å². The van der Waals surface area contributed by atoms with Gasteiger partial charge in [0.25, 0.3) is 0 Å². The zero-order valence-corrected chi connectivity index (χ0v) is 10.3. The van der Waals surface area contributed by atoms with Crippen LogP contribution in [0.1, 0.15) is 45.4 Å². The summed E-state index contributed by atoms with van der Waals surface area (Å²) in [5.41, 5.74) is 0. The van der Waals surface area contributed by atoms with Crippen LogP contribution in [0.5, 0.6) is 0 Å². The van der Waals surface area contributed by atoms with Crippen molar-refractivity contribution in [2.75, 3.05) is 6.54 Å². The van der Waals surface area contributed by atoms with Crippen LogP contribution < -0.4 is 5.32 Å². The molecule has 3 atom stereocenters. The first-order chi connectivity index (χ1) is 7.95. The minimum Gasteiger partial charge on any atom is -0.392 e. The lowest BCUT2D eigenvalue weighted by Gasteiger charge is -2.34. The molecule has 0 radical (unpaired) electrons. The van der Waals surface area contributed by atoms with E-state index in [-0.39, 0.29) is 13.0 Å². The van der Waals surface area contributed by atoms with E-state index in [4.69, 9.17) is 0 Å². The number of nitrogens with one attached hydrogen (secondary N) is 1. The summed E-state index contributed by atoms with van der Waals surface area (Å²) < 4.78 is 38.3. The van der Waals surface area contributed by atoms with E-state index >= 15 is 0 Å². The van der Waals surface area contributed by atoms with Crippen molar-refractivity contribution < 1.29 is 18.3 Å². The van der Waals surface area contributed by atoms with Crippen molar-refractivity contribution in [1.82, 2.24) is 5.32 Å². The molecule has 2 N–H and O–H groups in total. The van der Waals surface area contributed by atoms with Gasteiger partial charge in [0.1, 0.15) is 0 Å². The van der Waals surface area contributed by atoms with Crippen LogP contribution in [0.4, 0.5) is 13.2 Å². The summed E-state index contributed by atoms with van der Waals surface area (Å²) in [5.74, 6) is -1.25. The summed E-state index contributed by atoms with van der Waals surface area (Å²) in [6, 6.07) is -0.518. The maximum atomic E-state index is 12.8. The topological polar surface area (TPSA) is 32.3 Å². The predicted octanol–water partition coefficient (Wildman–Crippen LogP) is 2.86. The smallest absolute Gasteiger partial charge is 0.392 e. The van der Waals surface area contributed by atoms with E-state index in [0.29, 0.717) is 19.3 Å². The molecular formula is C12H22F3NO. The number of alkyl halides is 3. The van der Waals surface area contributed by atoms with Crippen molar-refractivity contribution >= 4 is 0 Å². The average Bonchev–Trinajstić information content (AvgIpc) is 2.26. The normalized spacial score (nSPS) is 28.1. The fraction of sp³-hybridized carbons (Fsp3) is 1.00. The Labute approximate surface area is 101 Å². The molecular weight excluding hydrogens is 231 g/mol. The summed E-state index contributed by atoms with van der Waals surface area (Å²) >= 11 is 0. The number of rotatable bonds is 5. The highest BCUT2D eigenvalue weighted by Crippen LogP contribution is 2.37. The first-order valence-electron chi connectivity index (χ1n) is 6.43. The van der Waals surface area contributed by atoms with Gasteiger partial charge in [-0.25, -0.2) is 0 Å². The Hall–Kier alpha value is -0.290. The molecule has 1 aliphatic carbocycles. The Morgan fingerprint density at radius 1 is 1.29 bits per heavy atom. The molecule has 0 spiro atoms. The third-order valence-corrected chi connectivity index (χ3v) is 3.42. The van der Waals surface area contributed by atoms with Crippen molar-refractivity contribution in [1.29, 1.82) is 0 Å². The largest absolute Gasteiger partial charge is 0.393 e. The van der Waals surface area contributed by atoms with Gasteiger partial charge in [0.05, 0.1) is 12.0 Å². The molecule has 0 aromatic carbocycles. The third-order valence-electron chi connectivity index (χ3n) is 3.42.